The van der Waals surface area contributed by atoms with Crippen LogP contribution < -0.4 is 0 Å². The Hall–Kier alpha value is -6.77. The molecule has 2 unspecified atom stereocenters. The number of hydrogen-bond acceptors (Lipinski definition) is 2. The molecular formula is C51H32O2. The normalized spacial score (nSPS) is 15.6. The van der Waals surface area contributed by atoms with Crippen molar-refractivity contribution < 1.29 is 9.21 Å². The first kappa shape index (κ1) is 29.9. The van der Waals surface area contributed by atoms with Gasteiger partial charge in [-0.2, -0.15) is 0 Å². The van der Waals surface area contributed by atoms with Crippen LogP contribution in [0, 0.1) is 0 Å². The predicted octanol–water partition coefficient (Wildman–Crippen LogP) is 13.2. The number of carbonyl (C=O) groups excluding carboxylic acids is 1. The minimum Gasteiger partial charge on any atom is -0.456 e. The van der Waals surface area contributed by atoms with Crippen molar-refractivity contribution in [2.45, 2.75) is 11.8 Å². The third-order valence-electron chi connectivity index (χ3n) is 11.4. The van der Waals surface area contributed by atoms with Crippen LogP contribution in [0.25, 0.3) is 76.5 Å². The van der Waals surface area contributed by atoms with E-state index in [1.54, 1.807) is 0 Å². The second-order valence-electron chi connectivity index (χ2n) is 14.3. The van der Waals surface area contributed by atoms with E-state index in [1.165, 1.54) is 43.4 Å². The summed E-state index contributed by atoms with van der Waals surface area (Å²) in [5.41, 5.74) is 10.8. The highest BCUT2D eigenvalue weighted by Gasteiger charge is 2.40. The van der Waals surface area contributed by atoms with Crippen LogP contribution in [0.3, 0.4) is 0 Å². The number of Topliss-reactive ketones (excluding diaryl/α,β-unsaturated/α-hetero) is 1. The lowest BCUT2D eigenvalue weighted by molar-refractivity contribution is -0.119. The Labute approximate surface area is 306 Å². The van der Waals surface area contributed by atoms with Gasteiger partial charge in [0.05, 0.1) is 11.8 Å². The maximum absolute atomic E-state index is 14.2. The summed E-state index contributed by atoms with van der Waals surface area (Å²) in [5.74, 6) is -0.315. The molecule has 0 N–H and O–H groups in total. The summed E-state index contributed by atoms with van der Waals surface area (Å²) in [6, 6.07) is 64.3. The molecule has 9 aromatic carbocycles. The minimum atomic E-state index is -0.298. The van der Waals surface area contributed by atoms with E-state index in [-0.39, 0.29) is 17.6 Å². The van der Waals surface area contributed by atoms with Crippen molar-refractivity contribution in [3.8, 4) is 22.3 Å². The number of hydrogen-bond donors (Lipinski definition) is 0. The molecule has 53 heavy (non-hydrogen) atoms. The van der Waals surface area contributed by atoms with Crippen LogP contribution in [0.15, 0.2) is 186 Å². The van der Waals surface area contributed by atoms with E-state index in [4.69, 9.17) is 4.42 Å². The molecule has 248 valence electrons. The molecule has 0 spiro atoms. The van der Waals surface area contributed by atoms with Crippen LogP contribution in [-0.2, 0) is 4.79 Å². The van der Waals surface area contributed by atoms with Crippen molar-refractivity contribution in [2.24, 2.45) is 0 Å². The van der Waals surface area contributed by atoms with Crippen LogP contribution in [0.5, 0.6) is 0 Å². The van der Waals surface area contributed by atoms with Gasteiger partial charge < -0.3 is 4.42 Å². The van der Waals surface area contributed by atoms with Crippen molar-refractivity contribution in [3.05, 3.63) is 204 Å². The van der Waals surface area contributed by atoms with E-state index in [0.717, 1.165) is 55.3 Å². The smallest absolute Gasteiger partial charge is 0.156 e. The molecular weight excluding hydrogens is 645 g/mol. The van der Waals surface area contributed by atoms with Crippen molar-refractivity contribution in [2.75, 3.05) is 0 Å². The summed E-state index contributed by atoms with van der Waals surface area (Å²) in [6.07, 6.45) is 0. The van der Waals surface area contributed by atoms with Crippen molar-refractivity contribution in [1.82, 2.24) is 0 Å². The fourth-order valence-corrected chi connectivity index (χ4v) is 9.05. The maximum Gasteiger partial charge on any atom is 0.156 e. The average molecular weight is 677 g/mol. The SMILES string of the molecule is O=C1C(c2ccccc2)c2ccccc2C1c1ccc(-c2c3ccccc3c(-c3ccc4oc5cc6ccccc6cc5c4c3)c3ccccc23)cc1. The van der Waals surface area contributed by atoms with Crippen LogP contribution in [0.2, 0.25) is 0 Å². The number of carbonyl (C=O) groups is 1. The highest BCUT2D eigenvalue weighted by Crippen LogP contribution is 2.48. The Bertz CT molecular complexity index is 3020. The monoisotopic (exact) mass is 676 g/mol. The summed E-state index contributed by atoms with van der Waals surface area (Å²) in [6.45, 7) is 0. The Morgan fingerprint density at radius 3 is 1.45 bits per heavy atom. The van der Waals surface area contributed by atoms with Gasteiger partial charge in [-0.1, -0.05) is 158 Å². The summed E-state index contributed by atoms with van der Waals surface area (Å²) in [4.78, 5) is 14.2. The third kappa shape index (κ3) is 4.55. The molecule has 2 heteroatoms. The number of fused-ring (bicyclic) bond motifs is 7. The Kier molecular flexibility index (Phi) is 6.56. The lowest BCUT2D eigenvalue weighted by Gasteiger charge is -2.18. The number of furan rings is 1. The quantitative estimate of drug-likeness (QED) is 0.174. The molecule has 2 nitrogen and oxygen atoms in total. The van der Waals surface area contributed by atoms with Gasteiger partial charge >= 0.3 is 0 Å². The largest absolute Gasteiger partial charge is 0.456 e. The molecule has 10 aromatic rings. The van der Waals surface area contributed by atoms with Crippen molar-refractivity contribution in [3.63, 3.8) is 0 Å². The second kappa shape index (κ2) is 11.6. The second-order valence-corrected chi connectivity index (χ2v) is 14.3. The van der Waals surface area contributed by atoms with E-state index in [0.29, 0.717) is 0 Å². The van der Waals surface area contributed by atoms with Crippen LogP contribution >= 0.6 is 0 Å². The topological polar surface area (TPSA) is 30.2 Å². The standard InChI is InChI=1S/C51H32O2/c52-51-49(31-12-2-1-3-13-31)41-20-10-11-21-42(41)50(51)33-24-22-32(23-25-33)47-37-16-6-8-18-39(37)48(40-19-9-7-17-38(40)47)36-26-27-45-43(29-36)44-28-34-14-4-5-15-35(34)30-46(44)53-45/h1-30,49-50H. The first-order valence-corrected chi connectivity index (χ1v) is 18.3. The van der Waals surface area contributed by atoms with Gasteiger partial charge in [-0.25, -0.2) is 0 Å². The Morgan fingerprint density at radius 2 is 0.830 bits per heavy atom. The zero-order valence-corrected chi connectivity index (χ0v) is 28.8. The van der Waals surface area contributed by atoms with Gasteiger partial charge in [0.1, 0.15) is 11.2 Å². The highest BCUT2D eigenvalue weighted by atomic mass is 16.3. The van der Waals surface area contributed by atoms with Gasteiger partial charge in [0, 0.05) is 10.8 Å². The number of benzene rings is 9. The van der Waals surface area contributed by atoms with Crippen molar-refractivity contribution in [1.29, 1.82) is 0 Å². The first-order chi connectivity index (χ1) is 26.2. The van der Waals surface area contributed by atoms with E-state index in [9.17, 15) is 4.79 Å². The fourth-order valence-electron chi connectivity index (χ4n) is 9.05. The van der Waals surface area contributed by atoms with Gasteiger partial charge in [0.25, 0.3) is 0 Å². The third-order valence-corrected chi connectivity index (χ3v) is 11.4. The van der Waals surface area contributed by atoms with E-state index in [1.807, 2.05) is 24.3 Å². The fraction of sp³-hybridized carbons (Fsp3) is 0.0392. The summed E-state index contributed by atoms with van der Waals surface area (Å²) < 4.78 is 6.38. The first-order valence-electron chi connectivity index (χ1n) is 18.3. The average Bonchev–Trinajstić information content (AvgIpc) is 3.72. The summed E-state index contributed by atoms with van der Waals surface area (Å²) >= 11 is 0. The highest BCUT2D eigenvalue weighted by molar-refractivity contribution is 6.22. The van der Waals surface area contributed by atoms with Gasteiger partial charge in [-0.15, -0.1) is 0 Å². The van der Waals surface area contributed by atoms with Gasteiger partial charge in [0.15, 0.2) is 5.78 Å². The van der Waals surface area contributed by atoms with Gasteiger partial charge in [0.2, 0.25) is 0 Å². The summed E-state index contributed by atoms with van der Waals surface area (Å²) in [5, 5.41) is 9.43. The molecule has 0 bridgehead atoms. The zero-order chi connectivity index (χ0) is 35.0. The predicted molar refractivity (Wildman–Crippen MR) is 219 cm³/mol. The summed E-state index contributed by atoms with van der Waals surface area (Å²) in [7, 11) is 0. The lowest BCUT2D eigenvalue weighted by Crippen LogP contribution is -2.13. The molecule has 0 amide bonds. The zero-order valence-electron chi connectivity index (χ0n) is 28.8. The molecule has 0 aliphatic heterocycles. The lowest BCUT2D eigenvalue weighted by atomic mass is 9.84. The molecule has 0 saturated heterocycles. The van der Waals surface area contributed by atoms with Crippen LogP contribution in [-0.4, -0.2) is 5.78 Å². The molecule has 1 aliphatic rings. The molecule has 1 heterocycles. The molecule has 0 radical (unpaired) electrons. The van der Waals surface area contributed by atoms with E-state index in [2.05, 4.69) is 158 Å². The Balaban J connectivity index is 1.06. The maximum atomic E-state index is 14.2. The van der Waals surface area contributed by atoms with Crippen molar-refractivity contribution >= 4 is 60.0 Å². The molecule has 0 fully saturated rings. The number of ketones is 1. The minimum absolute atomic E-state index is 0.237. The van der Waals surface area contributed by atoms with Gasteiger partial charge in [-0.05, 0) is 101 Å². The van der Waals surface area contributed by atoms with E-state index >= 15 is 0 Å². The van der Waals surface area contributed by atoms with E-state index < -0.39 is 0 Å². The van der Waals surface area contributed by atoms with Crippen LogP contribution in [0.4, 0.5) is 0 Å². The molecule has 0 saturated carbocycles. The molecule has 2 atom stereocenters. The molecule has 1 aliphatic carbocycles. The molecule has 1 aromatic heterocycles. The number of rotatable bonds is 4. The van der Waals surface area contributed by atoms with Crippen LogP contribution in [0.1, 0.15) is 34.1 Å². The van der Waals surface area contributed by atoms with Gasteiger partial charge in [-0.3, -0.25) is 4.79 Å². The molecule has 11 rings (SSSR count). The Morgan fingerprint density at radius 1 is 0.358 bits per heavy atom.